The maximum absolute atomic E-state index is 13.5. The maximum Gasteiger partial charge on any atom is 0.255 e. The molecule has 194 valence electrons. The van der Waals surface area contributed by atoms with Gasteiger partial charge >= 0.3 is 0 Å². The standard InChI is InChI=1S/C32H32N2O3S/c1-5-16-37-27-15-12-21-9-6-7-11-24(21)26(27)20-34-31-29(30(35)33-19-23-10-8-17-36-23)25-14-13-22(32(2,3)4)18-28(25)38-31/h1,6-12,15,17,20,22H,13-14,16,18-19H2,2-4H3,(H,33,35)/t22-/m0/s1. The first kappa shape index (κ1) is 25.8. The summed E-state index contributed by atoms with van der Waals surface area (Å²) in [7, 11) is 0. The van der Waals surface area contributed by atoms with Gasteiger partial charge in [-0.05, 0) is 65.1 Å². The summed E-state index contributed by atoms with van der Waals surface area (Å²) >= 11 is 1.63. The topological polar surface area (TPSA) is 63.8 Å². The van der Waals surface area contributed by atoms with Crippen molar-refractivity contribution in [2.45, 2.75) is 46.6 Å². The minimum atomic E-state index is -0.123. The fourth-order valence-corrected chi connectivity index (χ4v) is 6.35. The molecule has 1 N–H and O–H groups in total. The van der Waals surface area contributed by atoms with Crippen LogP contribution in [0.5, 0.6) is 5.75 Å². The van der Waals surface area contributed by atoms with Gasteiger partial charge in [-0.3, -0.25) is 4.79 Å². The summed E-state index contributed by atoms with van der Waals surface area (Å²) in [5.41, 5.74) is 2.85. The molecule has 2 heterocycles. The Morgan fingerprint density at radius 3 is 2.84 bits per heavy atom. The molecule has 38 heavy (non-hydrogen) atoms. The number of nitrogens with zero attached hydrogens (tertiary/aromatic N) is 1. The third-order valence-electron chi connectivity index (χ3n) is 7.25. The van der Waals surface area contributed by atoms with Crippen LogP contribution in [0.25, 0.3) is 10.8 Å². The molecule has 1 amide bonds. The first-order valence-electron chi connectivity index (χ1n) is 12.9. The molecule has 5 rings (SSSR count). The molecule has 0 aliphatic heterocycles. The molecule has 4 aromatic rings. The molecule has 6 heteroatoms. The summed E-state index contributed by atoms with van der Waals surface area (Å²) in [6, 6.07) is 15.7. The van der Waals surface area contributed by atoms with Crippen LogP contribution in [0.3, 0.4) is 0 Å². The average molecular weight is 525 g/mol. The normalized spacial score (nSPS) is 15.4. The Hall–Kier alpha value is -3.82. The second-order valence-electron chi connectivity index (χ2n) is 10.7. The van der Waals surface area contributed by atoms with Crippen molar-refractivity contribution in [2.24, 2.45) is 16.3 Å². The highest BCUT2D eigenvalue weighted by atomic mass is 32.1. The van der Waals surface area contributed by atoms with Gasteiger partial charge in [-0.25, -0.2) is 4.99 Å². The Labute approximate surface area is 227 Å². The average Bonchev–Trinajstić information content (AvgIpc) is 3.56. The number of carbonyl (C=O) groups excluding carboxylic acids is 1. The fraction of sp³-hybridized carbons (Fsp3) is 0.312. The number of benzene rings is 2. The number of hydrogen-bond acceptors (Lipinski definition) is 5. The molecule has 2 aromatic carbocycles. The predicted molar refractivity (Wildman–Crippen MR) is 155 cm³/mol. The molecule has 2 aromatic heterocycles. The van der Waals surface area contributed by atoms with Crippen LogP contribution in [-0.4, -0.2) is 18.7 Å². The van der Waals surface area contributed by atoms with Crippen LogP contribution in [0.4, 0.5) is 5.00 Å². The lowest BCUT2D eigenvalue weighted by Crippen LogP contribution is -2.28. The number of furan rings is 1. The highest BCUT2D eigenvalue weighted by Crippen LogP contribution is 2.45. The zero-order valence-electron chi connectivity index (χ0n) is 22.0. The van der Waals surface area contributed by atoms with Crippen molar-refractivity contribution in [3.8, 4) is 18.1 Å². The number of amides is 1. The Morgan fingerprint density at radius 1 is 1.24 bits per heavy atom. The van der Waals surface area contributed by atoms with Crippen molar-refractivity contribution < 1.29 is 13.9 Å². The maximum atomic E-state index is 13.5. The van der Waals surface area contributed by atoms with Gasteiger partial charge in [0.1, 0.15) is 23.1 Å². The first-order valence-corrected chi connectivity index (χ1v) is 13.7. The van der Waals surface area contributed by atoms with Crippen molar-refractivity contribution in [3.05, 3.63) is 82.1 Å². The minimum Gasteiger partial charge on any atom is -0.480 e. The third-order valence-corrected chi connectivity index (χ3v) is 8.42. The smallest absolute Gasteiger partial charge is 0.255 e. The van der Waals surface area contributed by atoms with Gasteiger partial charge in [-0.2, -0.15) is 0 Å². The van der Waals surface area contributed by atoms with E-state index in [2.05, 4.69) is 38.1 Å². The van der Waals surface area contributed by atoms with E-state index in [1.807, 2.05) is 48.7 Å². The van der Waals surface area contributed by atoms with E-state index in [4.69, 9.17) is 20.6 Å². The molecule has 1 atom stereocenters. The van der Waals surface area contributed by atoms with Crippen LogP contribution in [0.1, 0.15) is 59.3 Å². The predicted octanol–water partition coefficient (Wildman–Crippen LogP) is 7.34. The first-order chi connectivity index (χ1) is 18.3. The number of ether oxygens (including phenoxy) is 1. The highest BCUT2D eigenvalue weighted by molar-refractivity contribution is 7.16. The fourth-order valence-electron chi connectivity index (χ4n) is 5.08. The number of hydrogen-bond donors (Lipinski definition) is 1. The molecular weight excluding hydrogens is 492 g/mol. The summed E-state index contributed by atoms with van der Waals surface area (Å²) in [5, 5.41) is 5.86. The molecule has 0 radical (unpaired) electrons. The monoisotopic (exact) mass is 524 g/mol. The van der Waals surface area contributed by atoms with Gasteiger partial charge in [0.25, 0.3) is 5.91 Å². The number of fused-ring (bicyclic) bond motifs is 2. The number of carbonyl (C=O) groups is 1. The van der Waals surface area contributed by atoms with E-state index in [1.165, 1.54) is 4.88 Å². The Kier molecular flexibility index (Phi) is 7.40. The number of rotatable bonds is 7. The molecule has 0 unspecified atom stereocenters. The highest BCUT2D eigenvalue weighted by Gasteiger charge is 2.33. The Bertz CT molecular complexity index is 1520. The Balaban J connectivity index is 1.55. The summed E-state index contributed by atoms with van der Waals surface area (Å²) in [6.45, 7) is 7.39. The molecule has 0 saturated carbocycles. The van der Waals surface area contributed by atoms with Crippen molar-refractivity contribution in [2.75, 3.05) is 6.61 Å². The molecule has 0 saturated heterocycles. The lowest BCUT2D eigenvalue weighted by molar-refractivity contribution is 0.0947. The van der Waals surface area contributed by atoms with Crippen molar-refractivity contribution >= 4 is 39.2 Å². The van der Waals surface area contributed by atoms with E-state index in [-0.39, 0.29) is 17.9 Å². The zero-order chi connectivity index (χ0) is 26.7. The van der Waals surface area contributed by atoms with Gasteiger partial charge in [0.2, 0.25) is 0 Å². The van der Waals surface area contributed by atoms with Crippen LogP contribution in [0.15, 0.2) is 64.2 Å². The largest absolute Gasteiger partial charge is 0.480 e. The third kappa shape index (κ3) is 5.39. The van der Waals surface area contributed by atoms with Gasteiger partial charge in [-0.15, -0.1) is 17.8 Å². The van der Waals surface area contributed by atoms with Gasteiger partial charge < -0.3 is 14.5 Å². The van der Waals surface area contributed by atoms with Gasteiger partial charge in [0.15, 0.2) is 0 Å². The summed E-state index contributed by atoms with van der Waals surface area (Å²) in [6.07, 6.45) is 11.8. The molecule has 1 aliphatic rings. The number of terminal acetylenes is 1. The van der Waals surface area contributed by atoms with Crippen molar-refractivity contribution in [1.82, 2.24) is 5.32 Å². The van der Waals surface area contributed by atoms with Crippen LogP contribution < -0.4 is 10.1 Å². The van der Waals surface area contributed by atoms with Crippen molar-refractivity contribution in [1.29, 1.82) is 0 Å². The molecule has 0 fully saturated rings. The number of nitrogens with one attached hydrogen (secondary N) is 1. The summed E-state index contributed by atoms with van der Waals surface area (Å²) in [4.78, 5) is 19.7. The molecule has 5 nitrogen and oxygen atoms in total. The van der Waals surface area contributed by atoms with E-state index >= 15 is 0 Å². The summed E-state index contributed by atoms with van der Waals surface area (Å²) < 4.78 is 11.3. The quantitative estimate of drug-likeness (QED) is 0.203. The Morgan fingerprint density at radius 2 is 2.08 bits per heavy atom. The van der Waals surface area contributed by atoms with Crippen LogP contribution in [-0.2, 0) is 19.4 Å². The van der Waals surface area contributed by atoms with E-state index in [1.54, 1.807) is 17.6 Å². The van der Waals surface area contributed by atoms with Crippen molar-refractivity contribution in [3.63, 3.8) is 0 Å². The minimum absolute atomic E-state index is 0.123. The van der Waals surface area contributed by atoms with Crippen LogP contribution in [0.2, 0.25) is 0 Å². The molecule has 0 spiro atoms. The van der Waals surface area contributed by atoms with E-state index < -0.39 is 0 Å². The second kappa shape index (κ2) is 10.9. The van der Waals surface area contributed by atoms with E-state index in [0.29, 0.717) is 29.5 Å². The zero-order valence-corrected chi connectivity index (χ0v) is 22.9. The number of aliphatic imine (C=N–C) groups is 1. The number of thiophene rings is 1. The van der Waals surface area contributed by atoms with Crippen LogP contribution >= 0.6 is 11.3 Å². The van der Waals surface area contributed by atoms with Gasteiger partial charge in [0, 0.05) is 16.7 Å². The van der Waals surface area contributed by atoms with E-state index in [0.717, 1.165) is 46.2 Å². The summed E-state index contributed by atoms with van der Waals surface area (Å²) in [5.74, 6) is 4.36. The van der Waals surface area contributed by atoms with Crippen LogP contribution in [0, 0.1) is 23.7 Å². The molecule has 0 bridgehead atoms. The lowest BCUT2D eigenvalue weighted by Gasteiger charge is -2.33. The molecular formula is C32H32N2O3S. The SMILES string of the molecule is C#CCOc1ccc2ccccc2c1C=Nc1sc2c(c1C(=O)NCc1ccco1)CC[C@H](C(C)(C)C)C2. The van der Waals surface area contributed by atoms with Gasteiger partial charge in [0.05, 0.1) is 18.4 Å². The molecule has 1 aliphatic carbocycles. The van der Waals surface area contributed by atoms with Gasteiger partial charge in [-0.1, -0.05) is 57.0 Å². The second-order valence-corrected chi connectivity index (χ2v) is 11.8. The van der Waals surface area contributed by atoms with E-state index in [9.17, 15) is 4.79 Å². The lowest BCUT2D eigenvalue weighted by atomic mass is 9.72.